The largest absolute Gasteiger partial charge is 0.316 e. The van der Waals surface area contributed by atoms with Crippen molar-refractivity contribution in [2.24, 2.45) is 5.92 Å². The van der Waals surface area contributed by atoms with Crippen LogP contribution in [0.25, 0.3) is 11.0 Å². The van der Waals surface area contributed by atoms with E-state index < -0.39 is 0 Å². The van der Waals surface area contributed by atoms with Gasteiger partial charge in [0.2, 0.25) is 11.9 Å². The minimum atomic E-state index is 0. The first-order valence-electron chi connectivity index (χ1n) is 9.89. The number of fused-ring (bicyclic) bond motifs is 1. The van der Waals surface area contributed by atoms with E-state index >= 15 is 0 Å². The zero-order valence-corrected chi connectivity index (χ0v) is 18.5. The van der Waals surface area contributed by atoms with Crippen molar-refractivity contribution in [3.05, 3.63) is 24.3 Å². The minimum Gasteiger partial charge on any atom is -0.316 e. The highest BCUT2D eigenvalue weighted by molar-refractivity contribution is 5.91. The Balaban J connectivity index is 0.00000196. The number of halogens is 2. The molecule has 8 heteroatoms. The predicted octanol–water partition coefficient (Wildman–Crippen LogP) is 3.55. The number of nitrogens with one attached hydrogen (secondary N) is 2. The van der Waals surface area contributed by atoms with Gasteiger partial charge in [0, 0.05) is 19.5 Å². The molecule has 1 aromatic carbocycles. The summed E-state index contributed by atoms with van der Waals surface area (Å²) in [5, 5.41) is 6.42. The second kappa shape index (κ2) is 12.3. The van der Waals surface area contributed by atoms with Gasteiger partial charge in [0.15, 0.2) is 0 Å². The van der Waals surface area contributed by atoms with Crippen LogP contribution >= 0.6 is 24.8 Å². The van der Waals surface area contributed by atoms with E-state index in [2.05, 4.69) is 45.0 Å². The molecule has 28 heavy (non-hydrogen) atoms. The summed E-state index contributed by atoms with van der Waals surface area (Å²) in [5.74, 6) is 1.37. The number of hydrogen-bond acceptors (Lipinski definition) is 4. The molecular weight excluding hydrogens is 397 g/mol. The number of anilines is 1. The average molecular weight is 430 g/mol. The minimum absolute atomic E-state index is 0. The molecule has 1 unspecified atom stereocenters. The van der Waals surface area contributed by atoms with Gasteiger partial charge in [0.1, 0.15) is 0 Å². The monoisotopic (exact) mass is 429 g/mol. The van der Waals surface area contributed by atoms with E-state index in [1.165, 1.54) is 6.42 Å². The van der Waals surface area contributed by atoms with Crippen LogP contribution in [0.15, 0.2) is 24.3 Å². The maximum absolute atomic E-state index is 12.5. The number of imidazole rings is 1. The van der Waals surface area contributed by atoms with E-state index in [1.54, 1.807) is 0 Å². The van der Waals surface area contributed by atoms with E-state index in [0.29, 0.717) is 18.3 Å². The molecule has 1 aliphatic rings. The highest BCUT2D eigenvalue weighted by Crippen LogP contribution is 2.21. The lowest BCUT2D eigenvalue weighted by atomic mass is 10.0. The number of likely N-dealkylation sites (N-methyl/N-ethyl adjacent to an activating group) is 1. The zero-order chi connectivity index (χ0) is 18.4. The Labute approximate surface area is 180 Å². The van der Waals surface area contributed by atoms with Gasteiger partial charge in [0.05, 0.1) is 11.0 Å². The van der Waals surface area contributed by atoms with Crippen LogP contribution in [0.3, 0.4) is 0 Å². The molecule has 1 fully saturated rings. The van der Waals surface area contributed by atoms with Gasteiger partial charge in [-0.1, -0.05) is 26.0 Å². The van der Waals surface area contributed by atoms with Crippen molar-refractivity contribution in [2.45, 2.75) is 39.7 Å². The van der Waals surface area contributed by atoms with Gasteiger partial charge in [-0.25, -0.2) is 4.98 Å². The molecule has 0 saturated carbocycles. The van der Waals surface area contributed by atoms with E-state index in [1.807, 2.05) is 18.2 Å². The van der Waals surface area contributed by atoms with E-state index in [4.69, 9.17) is 0 Å². The van der Waals surface area contributed by atoms with Crippen LogP contribution in [-0.4, -0.2) is 53.1 Å². The second-order valence-corrected chi connectivity index (χ2v) is 7.05. The lowest BCUT2D eigenvalue weighted by Gasteiger charge is -2.19. The number of carbonyl (C=O) groups is 1. The van der Waals surface area contributed by atoms with Gasteiger partial charge in [-0.05, 0) is 57.1 Å². The molecule has 1 aliphatic heterocycles. The molecule has 2 heterocycles. The van der Waals surface area contributed by atoms with Crippen molar-refractivity contribution in [2.75, 3.05) is 38.0 Å². The predicted molar refractivity (Wildman–Crippen MR) is 121 cm³/mol. The third-order valence-corrected chi connectivity index (χ3v) is 5.38. The molecule has 1 saturated heterocycles. The first-order chi connectivity index (χ1) is 12.7. The molecule has 0 aliphatic carbocycles. The van der Waals surface area contributed by atoms with Crippen LogP contribution in [0, 0.1) is 5.92 Å². The van der Waals surface area contributed by atoms with Crippen molar-refractivity contribution < 1.29 is 4.79 Å². The Morgan fingerprint density at radius 3 is 2.71 bits per heavy atom. The summed E-state index contributed by atoms with van der Waals surface area (Å²) in [6, 6.07) is 8.09. The number of hydrogen-bond donors (Lipinski definition) is 2. The number of benzene rings is 1. The van der Waals surface area contributed by atoms with Crippen LogP contribution in [-0.2, 0) is 11.3 Å². The topological polar surface area (TPSA) is 62.2 Å². The Morgan fingerprint density at radius 2 is 2.04 bits per heavy atom. The SMILES string of the molecule is CCN(CC)CCn1c(NC(=O)CCC2CCNC2)nc2ccccc21.Cl.Cl. The summed E-state index contributed by atoms with van der Waals surface area (Å²) in [5.41, 5.74) is 2.01. The van der Waals surface area contributed by atoms with Crippen LogP contribution in [0.4, 0.5) is 5.95 Å². The Morgan fingerprint density at radius 1 is 1.29 bits per heavy atom. The first kappa shape index (κ1) is 24.7. The van der Waals surface area contributed by atoms with Crippen molar-refractivity contribution in [3.8, 4) is 0 Å². The van der Waals surface area contributed by atoms with Crippen LogP contribution in [0.5, 0.6) is 0 Å². The van der Waals surface area contributed by atoms with Crippen molar-refractivity contribution in [3.63, 3.8) is 0 Å². The van der Waals surface area contributed by atoms with Crippen molar-refractivity contribution in [1.82, 2.24) is 19.8 Å². The van der Waals surface area contributed by atoms with Gasteiger partial charge in [-0.15, -0.1) is 24.8 Å². The number of carbonyl (C=O) groups excluding carboxylic acids is 1. The van der Waals surface area contributed by atoms with E-state index in [0.717, 1.165) is 56.7 Å². The maximum Gasteiger partial charge on any atom is 0.226 e. The second-order valence-electron chi connectivity index (χ2n) is 7.05. The molecule has 6 nitrogen and oxygen atoms in total. The average Bonchev–Trinajstić information content (AvgIpc) is 3.29. The number of nitrogens with zero attached hydrogens (tertiary/aromatic N) is 3. The lowest BCUT2D eigenvalue weighted by molar-refractivity contribution is -0.116. The van der Waals surface area contributed by atoms with E-state index in [9.17, 15) is 4.79 Å². The third-order valence-electron chi connectivity index (χ3n) is 5.38. The first-order valence-corrected chi connectivity index (χ1v) is 9.89. The zero-order valence-electron chi connectivity index (χ0n) is 16.8. The molecule has 1 aromatic heterocycles. The summed E-state index contributed by atoms with van der Waals surface area (Å²) in [4.78, 5) is 19.5. The third kappa shape index (κ3) is 6.34. The van der Waals surface area contributed by atoms with Crippen LogP contribution in [0.2, 0.25) is 0 Å². The Kier molecular flexibility index (Phi) is 10.8. The number of amides is 1. The van der Waals surface area contributed by atoms with Crippen LogP contribution < -0.4 is 10.6 Å². The molecule has 1 amide bonds. The fourth-order valence-electron chi connectivity index (χ4n) is 3.66. The van der Waals surface area contributed by atoms with Crippen molar-refractivity contribution in [1.29, 1.82) is 0 Å². The highest BCUT2D eigenvalue weighted by atomic mass is 35.5. The number of rotatable bonds is 9. The van der Waals surface area contributed by atoms with E-state index in [-0.39, 0.29) is 30.7 Å². The number of para-hydroxylation sites is 2. The summed E-state index contributed by atoms with van der Waals surface area (Å²) in [7, 11) is 0. The number of aromatic nitrogens is 2. The van der Waals surface area contributed by atoms with Crippen molar-refractivity contribution >= 4 is 47.7 Å². The van der Waals surface area contributed by atoms with Gasteiger partial charge in [-0.2, -0.15) is 0 Å². The summed E-state index contributed by atoms with van der Waals surface area (Å²) in [6.07, 6.45) is 2.68. The summed E-state index contributed by atoms with van der Waals surface area (Å²) in [6.45, 7) is 10.3. The molecule has 1 atom stereocenters. The molecule has 158 valence electrons. The molecule has 2 N–H and O–H groups in total. The summed E-state index contributed by atoms with van der Waals surface area (Å²) >= 11 is 0. The Bertz CT molecular complexity index is 726. The smallest absolute Gasteiger partial charge is 0.226 e. The highest BCUT2D eigenvalue weighted by Gasteiger charge is 2.17. The quantitative estimate of drug-likeness (QED) is 0.639. The maximum atomic E-state index is 12.5. The van der Waals surface area contributed by atoms with Gasteiger partial charge in [0.25, 0.3) is 0 Å². The van der Waals surface area contributed by atoms with Gasteiger partial charge < -0.3 is 14.8 Å². The van der Waals surface area contributed by atoms with Crippen LogP contribution in [0.1, 0.15) is 33.1 Å². The molecular formula is C20H33Cl2N5O. The Hall–Kier alpha value is -1.34. The van der Waals surface area contributed by atoms with Gasteiger partial charge >= 0.3 is 0 Å². The lowest BCUT2D eigenvalue weighted by Crippen LogP contribution is -2.27. The summed E-state index contributed by atoms with van der Waals surface area (Å²) < 4.78 is 2.14. The molecule has 0 spiro atoms. The molecule has 3 rings (SSSR count). The molecule has 0 bridgehead atoms. The molecule has 0 radical (unpaired) electrons. The fraction of sp³-hybridized carbons (Fsp3) is 0.600. The van der Waals surface area contributed by atoms with Gasteiger partial charge in [-0.3, -0.25) is 10.1 Å². The normalized spacial score (nSPS) is 16.0. The fourth-order valence-corrected chi connectivity index (χ4v) is 3.66. The molecule has 2 aromatic rings. The standard InChI is InChI=1S/C20H31N5O.2ClH/c1-3-24(4-2)13-14-25-18-8-6-5-7-17(18)22-20(25)23-19(26)10-9-16-11-12-21-15-16;;/h5-8,16,21H,3-4,9-15H2,1-2H3,(H,22,23,26);2*1H.